The van der Waals surface area contributed by atoms with Crippen molar-refractivity contribution in [3.63, 3.8) is 0 Å². The molecule has 0 aromatic carbocycles. The van der Waals surface area contributed by atoms with Gasteiger partial charge < -0.3 is 10.2 Å². The second kappa shape index (κ2) is 5.72. The molecule has 1 aromatic rings. The van der Waals surface area contributed by atoms with E-state index in [0.717, 1.165) is 10.6 Å². The minimum atomic E-state index is -0.501. The van der Waals surface area contributed by atoms with Crippen molar-refractivity contribution >= 4 is 17.8 Å². The number of carbonyl (C=O) groups excluding carboxylic acids is 2. The maximum absolute atomic E-state index is 12.0. The van der Waals surface area contributed by atoms with E-state index in [-0.39, 0.29) is 24.2 Å². The fraction of sp³-hybridized carbons (Fsp3) is 0.429. The van der Waals surface area contributed by atoms with Gasteiger partial charge in [-0.3, -0.25) is 20.4 Å². The van der Waals surface area contributed by atoms with Crippen LogP contribution in [0, 0.1) is 5.41 Å². The molecule has 1 aromatic heterocycles. The Labute approximate surface area is 127 Å². The number of carbonyl (C=O) groups is 2. The fourth-order valence-corrected chi connectivity index (χ4v) is 2.92. The van der Waals surface area contributed by atoms with Crippen molar-refractivity contribution in [2.24, 2.45) is 0 Å². The number of amidine groups is 1. The summed E-state index contributed by atoms with van der Waals surface area (Å²) in [6.07, 6.45) is 4.53. The molecule has 116 valence electrons. The monoisotopic (exact) mass is 303 g/mol. The standard InChI is InChI=1S/C14H17N5O3/c15-13(17-12(20)6-9-2-1-5-16-7-9)11-4-3-10-8-18(11)14(21)19(10)22/h1-2,5,7,10-11,22H,3-4,6,8H2,(H2,15,17,20)/t10-,11+/m1/s1. The van der Waals surface area contributed by atoms with E-state index < -0.39 is 12.1 Å². The molecule has 3 N–H and O–H groups in total. The average molecular weight is 303 g/mol. The third-order valence-electron chi connectivity index (χ3n) is 4.04. The molecular weight excluding hydrogens is 286 g/mol. The van der Waals surface area contributed by atoms with E-state index >= 15 is 0 Å². The lowest BCUT2D eigenvalue weighted by atomic mass is 10.00. The molecule has 0 unspecified atom stereocenters. The molecule has 2 aliphatic heterocycles. The van der Waals surface area contributed by atoms with E-state index in [0.29, 0.717) is 19.4 Å². The molecule has 0 spiro atoms. The van der Waals surface area contributed by atoms with Crippen molar-refractivity contribution in [3.8, 4) is 0 Å². The van der Waals surface area contributed by atoms with Crippen molar-refractivity contribution in [3.05, 3.63) is 30.1 Å². The molecule has 8 nitrogen and oxygen atoms in total. The van der Waals surface area contributed by atoms with Gasteiger partial charge in [-0.2, -0.15) is 0 Å². The van der Waals surface area contributed by atoms with Crippen molar-refractivity contribution < 1.29 is 14.8 Å². The van der Waals surface area contributed by atoms with Crippen molar-refractivity contribution in [2.75, 3.05) is 6.54 Å². The summed E-state index contributed by atoms with van der Waals surface area (Å²) in [6, 6.07) is 2.34. The van der Waals surface area contributed by atoms with Crippen LogP contribution in [0.2, 0.25) is 0 Å². The van der Waals surface area contributed by atoms with E-state index in [1.54, 1.807) is 24.5 Å². The van der Waals surface area contributed by atoms with Crippen LogP contribution in [0.3, 0.4) is 0 Å². The topological polar surface area (TPSA) is 110 Å². The van der Waals surface area contributed by atoms with Gasteiger partial charge in [-0.1, -0.05) is 6.07 Å². The molecule has 2 atom stereocenters. The number of pyridine rings is 1. The smallest absolute Gasteiger partial charge is 0.313 e. The minimum absolute atomic E-state index is 0.00371. The van der Waals surface area contributed by atoms with Crippen LogP contribution >= 0.6 is 0 Å². The fourth-order valence-electron chi connectivity index (χ4n) is 2.92. The zero-order chi connectivity index (χ0) is 15.7. The van der Waals surface area contributed by atoms with Gasteiger partial charge in [0.15, 0.2) is 0 Å². The maximum atomic E-state index is 12.0. The molecule has 3 amide bonds. The number of hydrogen-bond acceptors (Lipinski definition) is 5. The van der Waals surface area contributed by atoms with Crippen LogP contribution in [-0.4, -0.2) is 56.6 Å². The van der Waals surface area contributed by atoms with Crippen LogP contribution in [0.1, 0.15) is 18.4 Å². The second-order valence-electron chi connectivity index (χ2n) is 5.53. The Morgan fingerprint density at radius 2 is 2.32 bits per heavy atom. The van der Waals surface area contributed by atoms with E-state index in [4.69, 9.17) is 5.41 Å². The van der Waals surface area contributed by atoms with Crippen LogP contribution in [0.4, 0.5) is 4.79 Å². The van der Waals surface area contributed by atoms with Crippen LogP contribution in [0.5, 0.6) is 0 Å². The van der Waals surface area contributed by atoms with Gasteiger partial charge in [-0.15, -0.1) is 0 Å². The van der Waals surface area contributed by atoms with Gasteiger partial charge in [-0.05, 0) is 24.5 Å². The van der Waals surface area contributed by atoms with Crippen LogP contribution in [0.25, 0.3) is 0 Å². The highest BCUT2D eigenvalue weighted by atomic mass is 16.5. The van der Waals surface area contributed by atoms with E-state index in [1.165, 1.54) is 4.90 Å². The average Bonchev–Trinajstić information content (AvgIpc) is 2.73. The van der Waals surface area contributed by atoms with Crippen LogP contribution < -0.4 is 5.32 Å². The number of fused-ring (bicyclic) bond motifs is 2. The number of nitrogens with zero attached hydrogens (tertiary/aromatic N) is 3. The van der Waals surface area contributed by atoms with Crippen LogP contribution in [0.15, 0.2) is 24.5 Å². The number of hydroxylamine groups is 2. The molecule has 8 heteroatoms. The number of rotatable bonds is 3. The van der Waals surface area contributed by atoms with Gasteiger partial charge in [0.1, 0.15) is 5.84 Å². The number of aromatic nitrogens is 1. The van der Waals surface area contributed by atoms with E-state index in [2.05, 4.69) is 10.3 Å². The predicted octanol–water partition coefficient (Wildman–Crippen LogP) is 0.375. The highest BCUT2D eigenvalue weighted by Gasteiger charge is 2.45. The summed E-state index contributed by atoms with van der Waals surface area (Å²) in [6.45, 7) is 0.390. The number of amides is 3. The summed E-state index contributed by atoms with van der Waals surface area (Å²) >= 11 is 0. The lowest BCUT2D eigenvalue weighted by Crippen LogP contribution is -2.51. The molecule has 2 aliphatic rings. The highest BCUT2D eigenvalue weighted by Crippen LogP contribution is 2.28. The molecule has 3 heterocycles. The zero-order valence-corrected chi connectivity index (χ0v) is 11.9. The molecule has 2 bridgehead atoms. The number of urea groups is 1. The first-order chi connectivity index (χ1) is 10.6. The van der Waals surface area contributed by atoms with Gasteiger partial charge in [0, 0.05) is 18.9 Å². The third kappa shape index (κ3) is 2.64. The lowest BCUT2D eigenvalue weighted by molar-refractivity contribution is -0.119. The van der Waals surface area contributed by atoms with Gasteiger partial charge in [-0.25, -0.2) is 9.86 Å². The largest absolute Gasteiger partial charge is 0.344 e. The summed E-state index contributed by atoms with van der Waals surface area (Å²) < 4.78 is 0. The summed E-state index contributed by atoms with van der Waals surface area (Å²) in [5.41, 5.74) is 0.760. The van der Waals surface area contributed by atoms with Crippen molar-refractivity contribution in [1.29, 1.82) is 5.41 Å². The minimum Gasteiger partial charge on any atom is -0.313 e. The molecule has 22 heavy (non-hydrogen) atoms. The van der Waals surface area contributed by atoms with Gasteiger partial charge in [0.05, 0.1) is 18.5 Å². The quantitative estimate of drug-likeness (QED) is 0.426. The SMILES string of the molecule is N=C(NC(=O)Cc1cccnc1)[C@@H]1CC[C@@H]2CN1C(=O)N2O. The summed E-state index contributed by atoms with van der Waals surface area (Å²) in [4.78, 5) is 29.2. The third-order valence-corrected chi connectivity index (χ3v) is 4.04. The zero-order valence-electron chi connectivity index (χ0n) is 11.9. The first-order valence-corrected chi connectivity index (χ1v) is 7.12. The first kappa shape index (κ1) is 14.5. The van der Waals surface area contributed by atoms with Gasteiger partial charge in [0.2, 0.25) is 5.91 Å². The Bertz CT molecular complexity index is 606. The highest BCUT2D eigenvalue weighted by molar-refractivity contribution is 6.01. The van der Waals surface area contributed by atoms with Gasteiger partial charge in [0.25, 0.3) is 0 Å². The van der Waals surface area contributed by atoms with E-state index in [1.807, 2.05) is 0 Å². The molecule has 2 fully saturated rings. The first-order valence-electron chi connectivity index (χ1n) is 7.12. The van der Waals surface area contributed by atoms with Crippen molar-refractivity contribution in [1.82, 2.24) is 20.3 Å². The molecular formula is C14H17N5O3. The Morgan fingerprint density at radius 3 is 3.05 bits per heavy atom. The maximum Gasteiger partial charge on any atom is 0.344 e. The molecule has 0 saturated carbocycles. The summed E-state index contributed by atoms with van der Waals surface area (Å²) in [5, 5.41) is 20.9. The number of hydrogen-bond donors (Lipinski definition) is 3. The second-order valence-corrected chi connectivity index (χ2v) is 5.53. The Kier molecular flexibility index (Phi) is 3.76. The summed E-state index contributed by atoms with van der Waals surface area (Å²) in [7, 11) is 0. The van der Waals surface area contributed by atoms with Crippen molar-refractivity contribution in [2.45, 2.75) is 31.3 Å². The molecule has 3 rings (SSSR count). The number of nitrogens with one attached hydrogen (secondary N) is 2. The predicted molar refractivity (Wildman–Crippen MR) is 76.3 cm³/mol. The molecule has 2 saturated heterocycles. The Balaban J connectivity index is 1.60. The normalized spacial score (nSPS) is 23.6. The summed E-state index contributed by atoms with van der Waals surface area (Å²) in [5.74, 6) is -0.316. The lowest BCUT2D eigenvalue weighted by Gasteiger charge is -2.30. The number of piperidine rings is 1. The van der Waals surface area contributed by atoms with E-state index in [9.17, 15) is 14.8 Å². The van der Waals surface area contributed by atoms with Gasteiger partial charge >= 0.3 is 6.03 Å². The Hall–Kier alpha value is -2.48. The Morgan fingerprint density at radius 1 is 1.50 bits per heavy atom. The molecule has 0 aliphatic carbocycles. The molecule has 0 radical (unpaired) electrons. The van der Waals surface area contributed by atoms with Crippen LogP contribution in [-0.2, 0) is 11.2 Å².